The van der Waals surface area contributed by atoms with Gasteiger partial charge < -0.3 is 9.64 Å². The van der Waals surface area contributed by atoms with E-state index < -0.39 is 0 Å². The summed E-state index contributed by atoms with van der Waals surface area (Å²) < 4.78 is 4.65. The molecule has 5 nitrogen and oxygen atoms in total. The maximum Gasteiger partial charge on any atom is 0.306 e. The number of hydrogen-bond donors (Lipinski definition) is 0. The van der Waals surface area contributed by atoms with Gasteiger partial charge in [0, 0.05) is 39.1 Å². The third kappa shape index (κ3) is 5.51. The normalized spacial score (nSPS) is 21.3. The minimum atomic E-state index is -0.163. The lowest BCUT2D eigenvalue weighted by atomic mass is 9.98. The standard InChI is InChI=1S/C15H26N2O3S/c1-20-15(19)2-5-16-6-8-17(9-7-16)14(18)12-13-3-10-21-11-4-13/h13H,2-12H2,1H3. The van der Waals surface area contributed by atoms with E-state index >= 15 is 0 Å². The lowest BCUT2D eigenvalue weighted by Gasteiger charge is -2.35. The summed E-state index contributed by atoms with van der Waals surface area (Å²) in [7, 11) is 1.42. The summed E-state index contributed by atoms with van der Waals surface area (Å²) in [5.74, 6) is 3.16. The smallest absolute Gasteiger partial charge is 0.306 e. The predicted octanol–water partition coefficient (Wildman–Crippen LogP) is 1.23. The van der Waals surface area contributed by atoms with Gasteiger partial charge in [0.05, 0.1) is 13.5 Å². The number of amides is 1. The third-order valence-electron chi connectivity index (χ3n) is 4.39. The number of carbonyl (C=O) groups excluding carboxylic acids is 2. The second-order valence-corrected chi connectivity index (χ2v) is 7.03. The van der Waals surface area contributed by atoms with Gasteiger partial charge in [-0.25, -0.2) is 0 Å². The molecule has 6 heteroatoms. The quantitative estimate of drug-likeness (QED) is 0.714. The number of hydrogen-bond acceptors (Lipinski definition) is 5. The van der Waals surface area contributed by atoms with Crippen LogP contribution in [-0.2, 0) is 14.3 Å². The number of ether oxygens (including phenoxy) is 1. The first-order chi connectivity index (χ1) is 10.2. The van der Waals surface area contributed by atoms with Crippen LogP contribution < -0.4 is 0 Å². The van der Waals surface area contributed by atoms with Gasteiger partial charge >= 0.3 is 5.97 Å². The fourth-order valence-electron chi connectivity index (χ4n) is 2.90. The summed E-state index contributed by atoms with van der Waals surface area (Å²) in [4.78, 5) is 27.7. The highest BCUT2D eigenvalue weighted by Gasteiger charge is 2.24. The van der Waals surface area contributed by atoms with E-state index in [0.29, 0.717) is 18.2 Å². The fourth-order valence-corrected chi connectivity index (χ4v) is 4.10. The Kier molecular flexibility index (Phi) is 6.83. The Morgan fingerprint density at radius 3 is 2.43 bits per heavy atom. The maximum absolute atomic E-state index is 12.3. The van der Waals surface area contributed by atoms with Gasteiger partial charge in [0.15, 0.2) is 0 Å². The van der Waals surface area contributed by atoms with E-state index in [1.807, 2.05) is 16.7 Å². The number of thioether (sulfide) groups is 1. The molecule has 21 heavy (non-hydrogen) atoms. The molecule has 0 N–H and O–H groups in total. The van der Waals surface area contributed by atoms with E-state index in [0.717, 1.165) is 39.1 Å². The Balaban J connectivity index is 1.65. The van der Waals surface area contributed by atoms with Crippen LogP contribution in [0, 0.1) is 5.92 Å². The average molecular weight is 314 g/mol. The summed E-state index contributed by atoms with van der Waals surface area (Å²) in [5, 5.41) is 0. The molecule has 0 aromatic carbocycles. The van der Waals surface area contributed by atoms with Crippen LogP contribution in [0.1, 0.15) is 25.7 Å². The SMILES string of the molecule is COC(=O)CCN1CCN(C(=O)CC2CCSCC2)CC1. The van der Waals surface area contributed by atoms with Gasteiger partial charge in [0.1, 0.15) is 0 Å². The molecule has 2 rings (SSSR count). The molecule has 0 bridgehead atoms. The summed E-state index contributed by atoms with van der Waals surface area (Å²) in [6.45, 7) is 4.05. The summed E-state index contributed by atoms with van der Waals surface area (Å²) in [6.07, 6.45) is 3.54. The third-order valence-corrected chi connectivity index (χ3v) is 5.44. The Hall–Kier alpha value is -0.750. The van der Waals surface area contributed by atoms with E-state index in [4.69, 9.17) is 0 Å². The molecule has 2 aliphatic rings. The van der Waals surface area contributed by atoms with Crippen molar-refractivity contribution >= 4 is 23.6 Å². The fraction of sp³-hybridized carbons (Fsp3) is 0.867. The Bertz CT molecular complexity index is 351. The van der Waals surface area contributed by atoms with E-state index in [-0.39, 0.29) is 5.97 Å². The topological polar surface area (TPSA) is 49.9 Å². The zero-order valence-corrected chi connectivity index (χ0v) is 13.7. The summed E-state index contributed by atoms with van der Waals surface area (Å²) in [5.41, 5.74) is 0. The van der Waals surface area contributed by atoms with E-state index in [9.17, 15) is 9.59 Å². The van der Waals surface area contributed by atoms with Crippen LogP contribution in [0.5, 0.6) is 0 Å². The van der Waals surface area contributed by atoms with Crippen molar-refractivity contribution < 1.29 is 14.3 Å². The van der Waals surface area contributed by atoms with Gasteiger partial charge in [0.2, 0.25) is 5.91 Å². The van der Waals surface area contributed by atoms with Gasteiger partial charge in [-0.05, 0) is 30.3 Å². The molecule has 2 saturated heterocycles. The van der Waals surface area contributed by atoms with Crippen molar-refractivity contribution in [1.29, 1.82) is 0 Å². The minimum Gasteiger partial charge on any atom is -0.469 e. The molecular weight excluding hydrogens is 288 g/mol. The highest BCUT2D eigenvalue weighted by Crippen LogP contribution is 2.26. The average Bonchev–Trinajstić information content (AvgIpc) is 2.54. The van der Waals surface area contributed by atoms with Gasteiger partial charge in [0.25, 0.3) is 0 Å². The van der Waals surface area contributed by atoms with Gasteiger partial charge in [-0.1, -0.05) is 0 Å². The molecule has 0 aromatic heterocycles. The molecular formula is C15H26N2O3S. The van der Waals surface area contributed by atoms with E-state index in [1.165, 1.54) is 31.5 Å². The van der Waals surface area contributed by atoms with Crippen LogP contribution in [0.2, 0.25) is 0 Å². The van der Waals surface area contributed by atoms with Crippen molar-refractivity contribution in [3.8, 4) is 0 Å². The summed E-state index contributed by atoms with van der Waals surface area (Å²) in [6, 6.07) is 0. The molecule has 0 radical (unpaired) electrons. The molecule has 120 valence electrons. The number of methoxy groups -OCH3 is 1. The van der Waals surface area contributed by atoms with Gasteiger partial charge in [-0.2, -0.15) is 11.8 Å². The van der Waals surface area contributed by atoms with Crippen molar-refractivity contribution in [3.05, 3.63) is 0 Å². The van der Waals surface area contributed by atoms with E-state index in [2.05, 4.69) is 9.64 Å². The number of nitrogens with zero attached hydrogens (tertiary/aromatic N) is 2. The molecule has 0 aromatic rings. The number of piperazine rings is 1. The molecule has 1 amide bonds. The first kappa shape index (κ1) is 16.6. The highest BCUT2D eigenvalue weighted by atomic mass is 32.2. The van der Waals surface area contributed by atoms with Crippen molar-refractivity contribution in [1.82, 2.24) is 9.80 Å². The molecule has 0 spiro atoms. The van der Waals surface area contributed by atoms with Gasteiger partial charge in [-0.15, -0.1) is 0 Å². The Morgan fingerprint density at radius 1 is 1.14 bits per heavy atom. The zero-order chi connectivity index (χ0) is 15.1. The van der Waals surface area contributed by atoms with Crippen LogP contribution in [0.15, 0.2) is 0 Å². The monoisotopic (exact) mass is 314 g/mol. The molecule has 0 saturated carbocycles. The molecule has 0 atom stereocenters. The van der Waals surface area contributed by atoms with Crippen LogP contribution in [-0.4, -0.2) is 73.0 Å². The lowest BCUT2D eigenvalue weighted by molar-refractivity contribution is -0.141. The molecule has 2 fully saturated rings. The number of esters is 1. The number of rotatable bonds is 5. The minimum absolute atomic E-state index is 0.163. The van der Waals surface area contributed by atoms with Crippen LogP contribution in [0.4, 0.5) is 0 Å². The van der Waals surface area contributed by atoms with Crippen LogP contribution in [0.3, 0.4) is 0 Å². The second-order valence-electron chi connectivity index (χ2n) is 5.81. The van der Waals surface area contributed by atoms with Crippen molar-refractivity contribution in [2.75, 3.05) is 51.3 Å². The molecule has 2 heterocycles. The lowest BCUT2D eigenvalue weighted by Crippen LogP contribution is -2.49. The Morgan fingerprint density at radius 2 is 1.81 bits per heavy atom. The largest absolute Gasteiger partial charge is 0.469 e. The van der Waals surface area contributed by atoms with Crippen molar-refractivity contribution in [2.45, 2.75) is 25.7 Å². The van der Waals surface area contributed by atoms with Crippen molar-refractivity contribution in [3.63, 3.8) is 0 Å². The molecule has 2 aliphatic heterocycles. The van der Waals surface area contributed by atoms with Crippen LogP contribution >= 0.6 is 11.8 Å². The first-order valence-electron chi connectivity index (χ1n) is 7.83. The van der Waals surface area contributed by atoms with E-state index in [1.54, 1.807) is 0 Å². The molecule has 0 unspecified atom stereocenters. The first-order valence-corrected chi connectivity index (χ1v) is 8.99. The van der Waals surface area contributed by atoms with Gasteiger partial charge in [-0.3, -0.25) is 14.5 Å². The number of carbonyl (C=O) groups is 2. The second kappa shape index (κ2) is 8.63. The molecule has 0 aliphatic carbocycles. The zero-order valence-electron chi connectivity index (χ0n) is 12.9. The summed E-state index contributed by atoms with van der Waals surface area (Å²) >= 11 is 2.00. The predicted molar refractivity (Wildman–Crippen MR) is 84.3 cm³/mol. The van der Waals surface area contributed by atoms with Crippen molar-refractivity contribution in [2.24, 2.45) is 5.92 Å². The maximum atomic E-state index is 12.3. The highest BCUT2D eigenvalue weighted by molar-refractivity contribution is 7.99. The Labute approximate surface area is 131 Å². The van der Waals surface area contributed by atoms with Crippen LogP contribution in [0.25, 0.3) is 0 Å².